The van der Waals surface area contributed by atoms with Crippen molar-refractivity contribution >= 4 is 5.91 Å². The lowest BCUT2D eigenvalue weighted by Gasteiger charge is -2.21. The minimum Gasteiger partial charge on any atom is -0.358 e. The van der Waals surface area contributed by atoms with Gasteiger partial charge in [-0.1, -0.05) is 13.3 Å². The lowest BCUT2D eigenvalue weighted by molar-refractivity contribution is -0.122. The predicted molar refractivity (Wildman–Crippen MR) is 58.1 cm³/mol. The van der Waals surface area contributed by atoms with Crippen molar-refractivity contribution in [1.29, 1.82) is 0 Å². The summed E-state index contributed by atoms with van der Waals surface area (Å²) in [5.41, 5.74) is 0. The van der Waals surface area contributed by atoms with Crippen LogP contribution in [-0.2, 0) is 4.79 Å². The molecule has 0 bridgehead atoms. The molecule has 3 nitrogen and oxygen atoms in total. The van der Waals surface area contributed by atoms with Crippen molar-refractivity contribution in [3.63, 3.8) is 0 Å². The van der Waals surface area contributed by atoms with E-state index in [0.717, 1.165) is 5.92 Å². The van der Waals surface area contributed by atoms with E-state index in [4.69, 9.17) is 0 Å². The summed E-state index contributed by atoms with van der Waals surface area (Å²) in [5, 5.41) is 6.09. The van der Waals surface area contributed by atoms with E-state index in [1.54, 1.807) is 7.05 Å². The highest BCUT2D eigenvalue weighted by molar-refractivity contribution is 5.80. The summed E-state index contributed by atoms with van der Waals surface area (Å²) in [4.78, 5) is 11.3. The molecule has 0 aromatic heterocycles. The zero-order chi connectivity index (χ0) is 10.6. The second kappa shape index (κ2) is 5.35. The molecule has 1 fully saturated rings. The number of carbonyl (C=O) groups excluding carboxylic acids is 1. The minimum atomic E-state index is -0.0582. The molecule has 1 amide bonds. The molecule has 2 atom stereocenters. The number of hydrogen-bond acceptors (Lipinski definition) is 2. The van der Waals surface area contributed by atoms with Gasteiger partial charge in [-0.05, 0) is 32.1 Å². The van der Waals surface area contributed by atoms with Crippen LogP contribution in [0.4, 0.5) is 0 Å². The highest BCUT2D eigenvalue weighted by atomic mass is 16.2. The van der Waals surface area contributed by atoms with Crippen LogP contribution in [0.1, 0.15) is 39.5 Å². The van der Waals surface area contributed by atoms with E-state index in [-0.39, 0.29) is 11.9 Å². The highest BCUT2D eigenvalue weighted by Crippen LogP contribution is 2.34. The van der Waals surface area contributed by atoms with Gasteiger partial charge in [0.15, 0.2) is 0 Å². The molecule has 0 heterocycles. The van der Waals surface area contributed by atoms with Crippen LogP contribution in [-0.4, -0.2) is 25.0 Å². The quantitative estimate of drug-likeness (QED) is 0.675. The van der Waals surface area contributed by atoms with E-state index < -0.39 is 0 Å². The normalized spacial score (nSPS) is 20.2. The van der Waals surface area contributed by atoms with E-state index in [1.165, 1.54) is 25.7 Å². The Morgan fingerprint density at radius 3 is 2.57 bits per heavy atom. The SMILES string of the molecule is CCCC(N[C@H](C)C(=O)NC)C1CC1. The fourth-order valence-electron chi connectivity index (χ4n) is 1.88. The molecule has 0 spiro atoms. The molecule has 1 rings (SSSR count). The summed E-state index contributed by atoms with van der Waals surface area (Å²) >= 11 is 0. The molecule has 0 saturated heterocycles. The van der Waals surface area contributed by atoms with Gasteiger partial charge in [0.25, 0.3) is 0 Å². The number of nitrogens with one attached hydrogen (secondary N) is 2. The van der Waals surface area contributed by atoms with E-state index in [9.17, 15) is 4.79 Å². The molecule has 0 radical (unpaired) electrons. The highest BCUT2D eigenvalue weighted by Gasteiger charge is 2.31. The Balaban J connectivity index is 2.33. The molecule has 0 aromatic rings. The summed E-state index contributed by atoms with van der Waals surface area (Å²) in [6, 6.07) is 0.490. The number of hydrogen-bond donors (Lipinski definition) is 2. The average Bonchev–Trinajstić information content (AvgIpc) is 2.99. The maximum atomic E-state index is 11.3. The Morgan fingerprint density at radius 1 is 1.50 bits per heavy atom. The molecule has 1 saturated carbocycles. The fourth-order valence-corrected chi connectivity index (χ4v) is 1.88. The van der Waals surface area contributed by atoms with E-state index in [0.29, 0.717) is 6.04 Å². The molecule has 0 aromatic carbocycles. The van der Waals surface area contributed by atoms with Gasteiger partial charge in [0, 0.05) is 13.1 Å². The van der Waals surface area contributed by atoms with Crippen molar-refractivity contribution in [3.8, 4) is 0 Å². The molecular formula is C11H22N2O. The molecule has 2 N–H and O–H groups in total. The third kappa shape index (κ3) is 3.29. The Labute approximate surface area is 86.6 Å². The van der Waals surface area contributed by atoms with Crippen molar-refractivity contribution in [2.75, 3.05) is 7.05 Å². The molecule has 0 aliphatic heterocycles. The first-order valence-electron chi connectivity index (χ1n) is 5.66. The first kappa shape index (κ1) is 11.5. The van der Waals surface area contributed by atoms with Gasteiger partial charge >= 0.3 is 0 Å². The molecule has 14 heavy (non-hydrogen) atoms. The standard InChI is InChI=1S/C11H22N2O/c1-4-5-10(9-6-7-9)13-8(2)11(14)12-3/h8-10,13H,4-7H2,1-3H3,(H,12,14)/t8-,10?/m1/s1. The van der Waals surface area contributed by atoms with E-state index in [1.807, 2.05) is 6.92 Å². The minimum absolute atomic E-state index is 0.0582. The van der Waals surface area contributed by atoms with Gasteiger partial charge in [0.2, 0.25) is 5.91 Å². The summed E-state index contributed by atoms with van der Waals surface area (Å²) < 4.78 is 0. The van der Waals surface area contributed by atoms with Crippen molar-refractivity contribution in [1.82, 2.24) is 10.6 Å². The number of carbonyl (C=O) groups is 1. The number of likely N-dealkylation sites (N-methyl/N-ethyl adjacent to an activating group) is 1. The zero-order valence-corrected chi connectivity index (χ0v) is 9.47. The van der Waals surface area contributed by atoms with E-state index >= 15 is 0 Å². The van der Waals surface area contributed by atoms with Gasteiger partial charge in [-0.15, -0.1) is 0 Å². The summed E-state index contributed by atoms with van der Waals surface area (Å²) in [6.45, 7) is 4.13. The number of rotatable bonds is 6. The Morgan fingerprint density at radius 2 is 2.14 bits per heavy atom. The molecule has 1 unspecified atom stereocenters. The second-order valence-corrected chi connectivity index (χ2v) is 4.24. The average molecular weight is 198 g/mol. The fraction of sp³-hybridized carbons (Fsp3) is 0.909. The third-order valence-electron chi connectivity index (χ3n) is 2.89. The smallest absolute Gasteiger partial charge is 0.236 e. The van der Waals surface area contributed by atoms with Crippen molar-refractivity contribution in [3.05, 3.63) is 0 Å². The maximum Gasteiger partial charge on any atom is 0.236 e. The van der Waals surface area contributed by atoms with Crippen molar-refractivity contribution in [2.45, 2.75) is 51.6 Å². The molecule has 82 valence electrons. The van der Waals surface area contributed by atoms with Gasteiger partial charge < -0.3 is 10.6 Å². The van der Waals surface area contributed by atoms with Gasteiger partial charge in [0.1, 0.15) is 0 Å². The van der Waals surface area contributed by atoms with Crippen LogP contribution in [0.2, 0.25) is 0 Å². The van der Waals surface area contributed by atoms with Crippen LogP contribution < -0.4 is 10.6 Å². The molecular weight excluding hydrogens is 176 g/mol. The summed E-state index contributed by atoms with van der Waals surface area (Å²) in [7, 11) is 1.69. The van der Waals surface area contributed by atoms with E-state index in [2.05, 4.69) is 17.6 Å². The largest absolute Gasteiger partial charge is 0.358 e. The second-order valence-electron chi connectivity index (χ2n) is 4.24. The lowest BCUT2D eigenvalue weighted by atomic mass is 10.1. The molecule has 3 heteroatoms. The van der Waals surface area contributed by atoms with Crippen LogP contribution in [0.5, 0.6) is 0 Å². The third-order valence-corrected chi connectivity index (χ3v) is 2.89. The topological polar surface area (TPSA) is 41.1 Å². The Kier molecular flexibility index (Phi) is 4.39. The van der Waals surface area contributed by atoms with Gasteiger partial charge in [-0.25, -0.2) is 0 Å². The van der Waals surface area contributed by atoms with Crippen molar-refractivity contribution < 1.29 is 4.79 Å². The predicted octanol–water partition coefficient (Wildman–Crippen LogP) is 1.29. The van der Waals surface area contributed by atoms with Crippen LogP contribution in [0.25, 0.3) is 0 Å². The summed E-state index contributed by atoms with van der Waals surface area (Å²) in [6.07, 6.45) is 5.04. The monoisotopic (exact) mass is 198 g/mol. The Hall–Kier alpha value is -0.570. The lowest BCUT2D eigenvalue weighted by Crippen LogP contribution is -2.46. The van der Waals surface area contributed by atoms with Crippen LogP contribution in [0, 0.1) is 5.92 Å². The van der Waals surface area contributed by atoms with Crippen LogP contribution in [0.3, 0.4) is 0 Å². The molecule has 1 aliphatic rings. The van der Waals surface area contributed by atoms with Crippen LogP contribution in [0.15, 0.2) is 0 Å². The van der Waals surface area contributed by atoms with Gasteiger partial charge in [-0.2, -0.15) is 0 Å². The first-order valence-corrected chi connectivity index (χ1v) is 5.66. The number of amides is 1. The van der Waals surface area contributed by atoms with Gasteiger partial charge in [0.05, 0.1) is 6.04 Å². The summed E-state index contributed by atoms with van der Waals surface area (Å²) in [5.74, 6) is 0.911. The maximum absolute atomic E-state index is 11.3. The molecule has 1 aliphatic carbocycles. The van der Waals surface area contributed by atoms with Gasteiger partial charge in [-0.3, -0.25) is 4.79 Å². The Bertz CT molecular complexity index is 190. The first-order chi connectivity index (χ1) is 6.69. The zero-order valence-electron chi connectivity index (χ0n) is 9.47. The van der Waals surface area contributed by atoms with Crippen LogP contribution >= 0.6 is 0 Å². The van der Waals surface area contributed by atoms with Crippen molar-refractivity contribution in [2.24, 2.45) is 5.92 Å².